The van der Waals surface area contributed by atoms with Crippen LogP contribution in [0, 0.1) is 26.1 Å². The molecule has 2 unspecified atom stereocenters. The molecule has 2 N–H and O–H groups in total. The van der Waals surface area contributed by atoms with Gasteiger partial charge in [-0.25, -0.2) is 29.0 Å². The number of nitro benzene ring substituents is 2. The lowest BCUT2D eigenvalue weighted by Crippen LogP contribution is -2.72. The minimum Gasteiger partial charge on any atom is -0.444 e. The summed E-state index contributed by atoms with van der Waals surface area (Å²) in [6.07, 6.45) is 1.38. The van der Waals surface area contributed by atoms with E-state index < -0.39 is 62.2 Å². The molecule has 0 radical (unpaired) electrons. The van der Waals surface area contributed by atoms with E-state index in [1.54, 1.807) is 106 Å². The van der Waals surface area contributed by atoms with Crippen LogP contribution in [0.2, 0.25) is 0 Å². The number of non-ortho nitro benzene ring substituents is 2. The number of amides is 5. The van der Waals surface area contributed by atoms with Gasteiger partial charge in [-0.1, -0.05) is 38.6 Å². The number of hydrogen-bond acceptors (Lipinski definition) is 16. The first-order valence-corrected chi connectivity index (χ1v) is 26.9. The molecule has 0 bridgehead atoms. The minimum atomic E-state index is -0.706. The Morgan fingerprint density at radius 3 is 1.23 bits per heavy atom. The average molecular weight is 1150 g/mol. The highest BCUT2D eigenvalue weighted by molar-refractivity contribution is 5.73. The van der Waals surface area contributed by atoms with Crippen LogP contribution in [0.5, 0.6) is 0 Å². The van der Waals surface area contributed by atoms with Crippen molar-refractivity contribution in [2.75, 3.05) is 78.5 Å². The topological polar surface area (TPSA) is 277 Å². The fraction of sp³-hybridized carbons (Fsp3) is 0.667. The van der Waals surface area contributed by atoms with Gasteiger partial charge >= 0.3 is 30.5 Å². The first kappa shape index (κ1) is 71.9. The number of hydrogen-bond donors (Lipinski definition) is 2. The number of nitro groups is 2. The summed E-state index contributed by atoms with van der Waals surface area (Å²) in [6.45, 7) is 33.8. The first-order valence-electron chi connectivity index (χ1n) is 26.9. The Kier molecular flexibility index (Phi) is 28.7. The molecule has 1 fully saturated rings. The summed E-state index contributed by atoms with van der Waals surface area (Å²) in [4.78, 5) is 106. The van der Waals surface area contributed by atoms with Crippen molar-refractivity contribution in [2.24, 2.45) is 5.92 Å². The Balaban J connectivity index is 0.000000714. The molecular weight excluding hydrogens is 1050 g/mol. The van der Waals surface area contributed by atoms with Gasteiger partial charge in [-0.3, -0.25) is 30.0 Å². The Bertz CT molecular complexity index is 2330. The van der Waals surface area contributed by atoms with Crippen LogP contribution in [-0.4, -0.2) is 190 Å². The van der Waals surface area contributed by atoms with E-state index in [4.69, 9.17) is 23.7 Å². The lowest BCUT2D eigenvalue weighted by Gasteiger charge is -2.31. The zero-order valence-corrected chi connectivity index (χ0v) is 50.1. The molecule has 5 amide bonds. The van der Waals surface area contributed by atoms with E-state index in [9.17, 15) is 49.0 Å². The van der Waals surface area contributed by atoms with Crippen molar-refractivity contribution in [3.8, 4) is 0 Å². The molecule has 81 heavy (non-hydrogen) atoms. The Hall–Kier alpha value is -7.11. The van der Waals surface area contributed by atoms with Crippen molar-refractivity contribution in [3.63, 3.8) is 0 Å². The summed E-state index contributed by atoms with van der Waals surface area (Å²) in [5.74, 6) is -0.0449. The van der Waals surface area contributed by atoms with Gasteiger partial charge in [0.1, 0.15) is 40.8 Å². The molecule has 456 valence electrons. The number of carbonyl (C=O) groups excluding carboxylic acids is 6. The van der Waals surface area contributed by atoms with E-state index in [0.29, 0.717) is 78.3 Å². The summed E-state index contributed by atoms with van der Waals surface area (Å²) >= 11 is 0. The third kappa shape index (κ3) is 31.5. The molecule has 0 aromatic heterocycles. The zero-order chi connectivity index (χ0) is 60.8. The normalized spacial score (nSPS) is 15.6. The van der Waals surface area contributed by atoms with Crippen LogP contribution < -0.4 is 10.3 Å². The maximum Gasteiger partial charge on any atom is 0.410 e. The number of alkyl carbamates (subject to hydrolysis) is 1. The Labute approximate surface area is 479 Å². The number of carbonyl (C=O) groups is 6. The van der Waals surface area contributed by atoms with Gasteiger partial charge in [0, 0.05) is 95.1 Å². The van der Waals surface area contributed by atoms with Gasteiger partial charge in [-0.2, -0.15) is 0 Å². The number of ether oxygens (including phenoxy) is 5. The van der Waals surface area contributed by atoms with Gasteiger partial charge in [0.15, 0.2) is 12.8 Å². The lowest BCUT2D eigenvalue weighted by molar-refractivity contribution is -0.452. The number of benzene rings is 2. The maximum atomic E-state index is 13.0. The summed E-state index contributed by atoms with van der Waals surface area (Å²) in [5, 5.41) is 24.4. The highest BCUT2D eigenvalue weighted by Gasteiger charge is 2.31. The molecule has 2 aromatic carbocycles. The van der Waals surface area contributed by atoms with Crippen LogP contribution >= 0.6 is 0 Å². The van der Waals surface area contributed by atoms with Crippen LogP contribution in [0.15, 0.2) is 48.5 Å². The number of rotatable bonds is 10. The smallest absolute Gasteiger partial charge is 0.410 e. The molecule has 24 heteroatoms. The van der Waals surface area contributed by atoms with Crippen molar-refractivity contribution in [1.82, 2.24) is 29.8 Å². The van der Waals surface area contributed by atoms with Crippen molar-refractivity contribution >= 4 is 54.3 Å². The van der Waals surface area contributed by atoms with Crippen molar-refractivity contribution in [3.05, 3.63) is 79.9 Å². The third-order valence-electron chi connectivity index (χ3n) is 11.0. The van der Waals surface area contributed by atoms with E-state index >= 15 is 0 Å². The second kappa shape index (κ2) is 32.4. The average Bonchev–Trinajstić information content (AvgIpc) is 3.50. The van der Waals surface area contributed by atoms with Crippen molar-refractivity contribution < 1.29 is 67.3 Å². The van der Waals surface area contributed by atoms with Crippen molar-refractivity contribution in [1.29, 1.82) is 0 Å². The van der Waals surface area contributed by atoms with Gasteiger partial charge < -0.3 is 48.5 Å². The second-order valence-corrected chi connectivity index (χ2v) is 24.5. The van der Waals surface area contributed by atoms with Gasteiger partial charge in [0.25, 0.3) is 11.4 Å². The summed E-state index contributed by atoms with van der Waals surface area (Å²) < 4.78 is 27.6. The van der Waals surface area contributed by atoms with E-state index in [0.717, 1.165) is 17.4 Å². The van der Waals surface area contributed by atoms with E-state index in [1.807, 2.05) is 54.7 Å². The Morgan fingerprint density at radius 1 is 0.543 bits per heavy atom. The van der Waals surface area contributed by atoms with Gasteiger partial charge in [-0.15, -0.1) is 0 Å². The molecular formula is C57H94N9O15+. The van der Waals surface area contributed by atoms with Crippen LogP contribution in [0.4, 0.5) is 35.3 Å². The van der Waals surface area contributed by atoms with Crippen LogP contribution in [-0.2, 0) is 41.3 Å². The summed E-state index contributed by atoms with van der Waals surface area (Å²) in [7, 11) is 0. The highest BCUT2D eigenvalue weighted by atomic mass is 16.6. The zero-order valence-electron chi connectivity index (χ0n) is 50.1. The quantitative estimate of drug-likeness (QED) is 0.0985. The van der Waals surface area contributed by atoms with Crippen LogP contribution in [0.1, 0.15) is 129 Å². The molecule has 0 spiro atoms. The molecule has 24 nitrogen and oxygen atoms in total. The standard InChI is InChI=1S/C30H49N5O8.C16H29N3O4.C10H11NO3.CH4/c1-28(2,3)41-25(36)31-23(20-22-10-12-24(13-11-22)35(39)40)21-32-14-16-33(26(37)42-29(4,5)6)18-19-34(17-15-32)27(38)43-30(7,8)9;1-15(2,3)22-13(20)18-9-7-17-8-10-19(12-11-18)14(21)23-16(4,5)6;1-8(7-12)6-9-2-4-10(5-3-9)11(13)14;/h10-13,23H,14-21H2,1-9H3,(H,31,36);7H,8-12H2,1-6H3;2-5,7-8H,6H2,1H3;1H4/p+1. The van der Waals surface area contributed by atoms with Gasteiger partial charge in [0.2, 0.25) is 0 Å². The van der Waals surface area contributed by atoms with Gasteiger partial charge in [0.05, 0.1) is 16.4 Å². The third-order valence-corrected chi connectivity index (χ3v) is 11.0. The molecule has 2 aliphatic heterocycles. The predicted molar refractivity (Wildman–Crippen MR) is 308 cm³/mol. The van der Waals surface area contributed by atoms with E-state index in [2.05, 4.69) is 15.2 Å². The van der Waals surface area contributed by atoms with Crippen LogP contribution in [0.3, 0.4) is 0 Å². The molecule has 1 saturated heterocycles. The SMILES string of the molecule is C.CC(C)(C)OC(=O)N1CC=[NH+]CCN(C(=O)OC(C)(C)C)CC1.CC(C)(C)OC(=O)NC(Cc1ccc([N+](=O)[O-])cc1)CN1CCN(C(=O)OC(C)(C)C)CCN(C(=O)OC(C)(C)C)CC1.CC(C=O)Cc1ccc([N+](=O)[O-])cc1. The Morgan fingerprint density at radius 2 is 0.877 bits per heavy atom. The second-order valence-electron chi connectivity index (χ2n) is 24.5. The van der Waals surface area contributed by atoms with Crippen LogP contribution in [0.25, 0.3) is 0 Å². The molecule has 0 saturated carbocycles. The molecule has 4 rings (SSSR count). The predicted octanol–water partition coefficient (Wildman–Crippen LogP) is 8.05. The highest BCUT2D eigenvalue weighted by Crippen LogP contribution is 2.19. The number of nitrogens with zero attached hydrogens (tertiary/aromatic N) is 7. The first-order chi connectivity index (χ1) is 36.8. The fourth-order valence-electron chi connectivity index (χ4n) is 7.38. The fourth-order valence-corrected chi connectivity index (χ4v) is 7.38. The molecule has 2 aromatic rings. The monoisotopic (exact) mass is 1140 g/mol. The molecule has 2 atom stereocenters. The number of aldehydes is 1. The van der Waals surface area contributed by atoms with Crippen molar-refractivity contribution in [2.45, 2.75) is 165 Å². The summed E-state index contributed by atoms with van der Waals surface area (Å²) in [5.41, 5.74) is -1.38. The van der Waals surface area contributed by atoms with E-state index in [-0.39, 0.29) is 50.0 Å². The number of nitrogens with one attached hydrogen (secondary N) is 2. The molecule has 2 aliphatic rings. The largest absolute Gasteiger partial charge is 0.444 e. The molecule has 0 aliphatic carbocycles. The minimum absolute atomic E-state index is 0. The van der Waals surface area contributed by atoms with E-state index in [1.165, 1.54) is 24.3 Å². The van der Waals surface area contributed by atoms with Gasteiger partial charge in [-0.05, 0) is 128 Å². The maximum absolute atomic E-state index is 13.0. The lowest BCUT2D eigenvalue weighted by atomic mass is 10.0. The molecule has 2 heterocycles. The summed E-state index contributed by atoms with van der Waals surface area (Å²) in [6, 6.07) is 12.0.